The van der Waals surface area contributed by atoms with Crippen LogP contribution in [0.2, 0.25) is 0 Å². The molecular weight excluding hydrogens is 212 g/mol. The molecule has 2 heterocycles. The first-order chi connectivity index (χ1) is 8.34. The zero-order valence-electron chi connectivity index (χ0n) is 11.3. The zero-order valence-corrected chi connectivity index (χ0v) is 11.3. The molecule has 2 aliphatic heterocycles. The number of hydrogen-bond acceptors (Lipinski definition) is 3. The standard InChI is InChI=1S/C14H28N2O/c1-16(12-14-8-5-11-17-14)10-4-7-13-6-2-3-9-15-13/h13-15H,2-12H2,1H3. The van der Waals surface area contributed by atoms with Crippen molar-refractivity contribution in [1.29, 1.82) is 0 Å². The molecule has 2 unspecified atom stereocenters. The number of ether oxygens (including phenoxy) is 1. The van der Waals surface area contributed by atoms with Crippen LogP contribution in [0, 0.1) is 0 Å². The van der Waals surface area contributed by atoms with Crippen molar-refractivity contribution >= 4 is 0 Å². The molecule has 0 aromatic rings. The Bertz CT molecular complexity index is 198. The minimum absolute atomic E-state index is 0.507. The second-order valence-electron chi connectivity index (χ2n) is 5.69. The smallest absolute Gasteiger partial charge is 0.0702 e. The lowest BCUT2D eigenvalue weighted by Gasteiger charge is -2.25. The molecule has 0 saturated carbocycles. The van der Waals surface area contributed by atoms with Gasteiger partial charge in [-0.15, -0.1) is 0 Å². The molecule has 2 atom stereocenters. The maximum absolute atomic E-state index is 5.67. The van der Waals surface area contributed by atoms with Crippen molar-refractivity contribution in [1.82, 2.24) is 10.2 Å². The van der Waals surface area contributed by atoms with Gasteiger partial charge in [0, 0.05) is 19.2 Å². The second kappa shape index (κ2) is 7.34. The highest BCUT2D eigenvalue weighted by Crippen LogP contribution is 2.14. The van der Waals surface area contributed by atoms with Crippen molar-refractivity contribution in [3.63, 3.8) is 0 Å². The van der Waals surface area contributed by atoms with E-state index >= 15 is 0 Å². The van der Waals surface area contributed by atoms with Crippen LogP contribution in [0.3, 0.4) is 0 Å². The molecule has 17 heavy (non-hydrogen) atoms. The maximum Gasteiger partial charge on any atom is 0.0702 e. The highest BCUT2D eigenvalue weighted by atomic mass is 16.5. The molecule has 0 aromatic heterocycles. The van der Waals surface area contributed by atoms with Gasteiger partial charge >= 0.3 is 0 Å². The Morgan fingerprint density at radius 3 is 2.88 bits per heavy atom. The fourth-order valence-corrected chi connectivity index (χ4v) is 3.01. The number of rotatable bonds is 6. The number of nitrogens with one attached hydrogen (secondary N) is 1. The summed E-state index contributed by atoms with van der Waals surface area (Å²) in [7, 11) is 2.23. The first-order valence-corrected chi connectivity index (χ1v) is 7.38. The van der Waals surface area contributed by atoms with Gasteiger partial charge in [0.2, 0.25) is 0 Å². The van der Waals surface area contributed by atoms with E-state index in [-0.39, 0.29) is 0 Å². The van der Waals surface area contributed by atoms with E-state index in [1.54, 1.807) is 0 Å². The van der Waals surface area contributed by atoms with Crippen LogP contribution in [-0.4, -0.2) is 50.3 Å². The fourth-order valence-electron chi connectivity index (χ4n) is 3.01. The van der Waals surface area contributed by atoms with Gasteiger partial charge in [0.15, 0.2) is 0 Å². The van der Waals surface area contributed by atoms with Crippen LogP contribution < -0.4 is 5.32 Å². The normalized spacial score (nSPS) is 30.0. The molecule has 3 heteroatoms. The van der Waals surface area contributed by atoms with Crippen LogP contribution in [0.4, 0.5) is 0 Å². The summed E-state index contributed by atoms with van der Waals surface area (Å²) in [5, 5.41) is 3.62. The van der Waals surface area contributed by atoms with Crippen molar-refractivity contribution in [3.8, 4) is 0 Å². The lowest BCUT2D eigenvalue weighted by Crippen LogP contribution is -2.35. The molecule has 2 saturated heterocycles. The molecule has 0 bridgehead atoms. The molecule has 0 amide bonds. The van der Waals surface area contributed by atoms with Crippen molar-refractivity contribution in [3.05, 3.63) is 0 Å². The Morgan fingerprint density at radius 2 is 2.18 bits per heavy atom. The van der Waals surface area contributed by atoms with E-state index in [1.165, 1.54) is 58.0 Å². The summed E-state index contributed by atoms with van der Waals surface area (Å²) in [6, 6.07) is 0.792. The third-order valence-corrected chi connectivity index (χ3v) is 4.04. The molecule has 100 valence electrons. The Hall–Kier alpha value is -0.120. The molecule has 2 aliphatic rings. The SMILES string of the molecule is CN(CCCC1CCCCN1)CC1CCCO1. The summed E-state index contributed by atoms with van der Waals surface area (Å²) in [5.41, 5.74) is 0. The van der Waals surface area contributed by atoms with Gasteiger partial charge in [-0.05, 0) is 58.7 Å². The maximum atomic E-state index is 5.67. The van der Waals surface area contributed by atoms with Gasteiger partial charge in [0.05, 0.1) is 6.10 Å². The number of piperidine rings is 1. The van der Waals surface area contributed by atoms with Gasteiger partial charge in [-0.3, -0.25) is 0 Å². The minimum Gasteiger partial charge on any atom is -0.377 e. The molecule has 0 radical (unpaired) electrons. The topological polar surface area (TPSA) is 24.5 Å². The Balaban J connectivity index is 1.51. The van der Waals surface area contributed by atoms with Crippen molar-refractivity contribution in [2.75, 3.05) is 33.3 Å². The Morgan fingerprint density at radius 1 is 1.24 bits per heavy atom. The van der Waals surface area contributed by atoms with E-state index < -0.39 is 0 Å². The number of hydrogen-bond donors (Lipinski definition) is 1. The largest absolute Gasteiger partial charge is 0.377 e. The highest BCUT2D eigenvalue weighted by Gasteiger charge is 2.17. The van der Waals surface area contributed by atoms with Crippen LogP contribution in [0.25, 0.3) is 0 Å². The van der Waals surface area contributed by atoms with Gasteiger partial charge in [-0.25, -0.2) is 0 Å². The fraction of sp³-hybridized carbons (Fsp3) is 1.00. The predicted octanol–water partition coefficient (Wildman–Crippen LogP) is 2.02. The quantitative estimate of drug-likeness (QED) is 0.769. The minimum atomic E-state index is 0.507. The van der Waals surface area contributed by atoms with Crippen LogP contribution in [0.5, 0.6) is 0 Å². The molecule has 2 rings (SSSR count). The molecular formula is C14H28N2O. The summed E-state index contributed by atoms with van der Waals surface area (Å²) < 4.78 is 5.67. The third kappa shape index (κ3) is 4.94. The molecule has 0 aromatic carbocycles. The van der Waals surface area contributed by atoms with E-state index in [0.29, 0.717) is 6.10 Å². The van der Waals surface area contributed by atoms with E-state index in [0.717, 1.165) is 19.2 Å². The lowest BCUT2D eigenvalue weighted by atomic mass is 10.0. The van der Waals surface area contributed by atoms with Gasteiger partial charge in [0.1, 0.15) is 0 Å². The van der Waals surface area contributed by atoms with Crippen LogP contribution in [-0.2, 0) is 4.74 Å². The zero-order chi connectivity index (χ0) is 11.9. The average molecular weight is 240 g/mol. The summed E-state index contributed by atoms with van der Waals surface area (Å²) in [6.45, 7) is 4.55. The van der Waals surface area contributed by atoms with Gasteiger partial charge in [-0.2, -0.15) is 0 Å². The average Bonchev–Trinajstić information content (AvgIpc) is 2.83. The van der Waals surface area contributed by atoms with E-state index in [1.807, 2.05) is 0 Å². The summed E-state index contributed by atoms with van der Waals surface area (Å²) in [6.07, 6.45) is 9.86. The Labute approximate surface area is 106 Å². The van der Waals surface area contributed by atoms with E-state index in [9.17, 15) is 0 Å². The third-order valence-electron chi connectivity index (χ3n) is 4.04. The first kappa shape index (κ1) is 13.3. The Kier molecular flexibility index (Phi) is 5.75. The highest BCUT2D eigenvalue weighted by molar-refractivity contribution is 4.73. The molecule has 0 aliphatic carbocycles. The predicted molar refractivity (Wildman–Crippen MR) is 71.3 cm³/mol. The van der Waals surface area contributed by atoms with Crippen LogP contribution in [0.15, 0.2) is 0 Å². The van der Waals surface area contributed by atoms with Gasteiger partial charge in [-0.1, -0.05) is 6.42 Å². The van der Waals surface area contributed by atoms with Crippen LogP contribution >= 0.6 is 0 Å². The van der Waals surface area contributed by atoms with Crippen molar-refractivity contribution in [2.24, 2.45) is 0 Å². The number of nitrogens with zero attached hydrogens (tertiary/aromatic N) is 1. The number of likely N-dealkylation sites (N-methyl/N-ethyl adjacent to an activating group) is 1. The molecule has 3 nitrogen and oxygen atoms in total. The molecule has 1 N–H and O–H groups in total. The summed E-state index contributed by atoms with van der Waals surface area (Å²) in [5.74, 6) is 0. The monoisotopic (exact) mass is 240 g/mol. The van der Waals surface area contributed by atoms with Crippen molar-refractivity contribution in [2.45, 2.75) is 57.1 Å². The first-order valence-electron chi connectivity index (χ1n) is 7.38. The molecule has 2 fully saturated rings. The molecule has 0 spiro atoms. The summed E-state index contributed by atoms with van der Waals surface area (Å²) in [4.78, 5) is 2.44. The lowest BCUT2D eigenvalue weighted by molar-refractivity contribution is 0.0805. The van der Waals surface area contributed by atoms with Crippen molar-refractivity contribution < 1.29 is 4.74 Å². The van der Waals surface area contributed by atoms with Crippen LogP contribution in [0.1, 0.15) is 44.9 Å². The van der Waals surface area contributed by atoms with E-state index in [4.69, 9.17) is 4.74 Å². The van der Waals surface area contributed by atoms with Gasteiger partial charge in [0.25, 0.3) is 0 Å². The second-order valence-corrected chi connectivity index (χ2v) is 5.69. The van der Waals surface area contributed by atoms with Gasteiger partial charge < -0.3 is 15.0 Å². The summed E-state index contributed by atoms with van der Waals surface area (Å²) >= 11 is 0. The van der Waals surface area contributed by atoms with E-state index in [2.05, 4.69) is 17.3 Å².